The Labute approximate surface area is 113 Å². The molecule has 5 heteroatoms. The van der Waals surface area contributed by atoms with Crippen molar-refractivity contribution < 1.29 is 9.90 Å². The number of carboxylic acids is 1. The van der Waals surface area contributed by atoms with E-state index in [1.54, 1.807) is 19.1 Å². The number of aromatic nitrogens is 1. The zero-order chi connectivity index (χ0) is 14.0. The maximum absolute atomic E-state index is 11.0. The molecule has 2 atom stereocenters. The van der Waals surface area contributed by atoms with Gasteiger partial charge in [0.2, 0.25) is 0 Å². The lowest BCUT2D eigenvalue weighted by molar-refractivity contribution is 0.0695. The second-order valence-corrected chi connectivity index (χ2v) is 5.28. The summed E-state index contributed by atoms with van der Waals surface area (Å²) >= 11 is 0. The van der Waals surface area contributed by atoms with Gasteiger partial charge in [0.15, 0.2) is 0 Å². The van der Waals surface area contributed by atoms with Crippen LogP contribution in [0.2, 0.25) is 0 Å². The van der Waals surface area contributed by atoms with E-state index in [0.717, 1.165) is 0 Å². The second-order valence-electron chi connectivity index (χ2n) is 5.28. The summed E-state index contributed by atoms with van der Waals surface area (Å²) in [6.45, 7) is 6.11. The minimum absolute atomic E-state index is 0.255. The Morgan fingerprint density at radius 2 is 2.00 bits per heavy atom. The lowest BCUT2D eigenvalue weighted by atomic mass is 10.00. The fourth-order valence-electron chi connectivity index (χ4n) is 2.62. The number of rotatable bonds is 3. The fraction of sp³-hybridized carbons (Fsp3) is 0.571. The van der Waals surface area contributed by atoms with Crippen LogP contribution in [-0.2, 0) is 0 Å². The minimum atomic E-state index is -0.934. The van der Waals surface area contributed by atoms with Crippen molar-refractivity contribution in [1.29, 1.82) is 0 Å². The van der Waals surface area contributed by atoms with Crippen molar-refractivity contribution in [2.75, 3.05) is 5.43 Å². The molecule has 0 saturated carbocycles. The number of carboxylic acid groups (broad SMARTS) is 1. The molecule has 0 aromatic carbocycles. The van der Waals surface area contributed by atoms with E-state index in [1.165, 1.54) is 19.3 Å². The van der Waals surface area contributed by atoms with Gasteiger partial charge >= 0.3 is 5.97 Å². The third kappa shape index (κ3) is 3.04. The van der Waals surface area contributed by atoms with Crippen LogP contribution in [0, 0.1) is 6.92 Å². The quantitative estimate of drug-likeness (QED) is 0.877. The zero-order valence-electron chi connectivity index (χ0n) is 11.7. The van der Waals surface area contributed by atoms with Gasteiger partial charge in [0.25, 0.3) is 0 Å². The molecular formula is C14H21N3O2. The molecule has 19 heavy (non-hydrogen) atoms. The number of piperidine rings is 1. The van der Waals surface area contributed by atoms with Crippen molar-refractivity contribution in [2.24, 2.45) is 0 Å². The van der Waals surface area contributed by atoms with Crippen LogP contribution in [-0.4, -0.2) is 33.2 Å². The van der Waals surface area contributed by atoms with Gasteiger partial charge < -0.3 is 10.5 Å². The van der Waals surface area contributed by atoms with E-state index >= 15 is 0 Å². The molecule has 0 spiro atoms. The number of aromatic carboxylic acids is 1. The highest BCUT2D eigenvalue weighted by Crippen LogP contribution is 2.23. The van der Waals surface area contributed by atoms with Gasteiger partial charge in [0.05, 0.1) is 11.3 Å². The normalized spacial score (nSPS) is 24.2. The van der Waals surface area contributed by atoms with Gasteiger partial charge in [-0.15, -0.1) is 0 Å². The number of aryl methyl sites for hydroxylation is 1. The summed E-state index contributed by atoms with van der Waals surface area (Å²) in [4.78, 5) is 15.3. The van der Waals surface area contributed by atoms with E-state index in [1.807, 2.05) is 0 Å². The van der Waals surface area contributed by atoms with Crippen LogP contribution >= 0.6 is 0 Å². The van der Waals surface area contributed by atoms with Gasteiger partial charge in [-0.3, -0.25) is 0 Å². The number of hydrazine groups is 1. The van der Waals surface area contributed by atoms with Gasteiger partial charge in [-0.2, -0.15) is 0 Å². The molecule has 1 aromatic rings. The van der Waals surface area contributed by atoms with Gasteiger partial charge in [-0.25, -0.2) is 14.8 Å². The summed E-state index contributed by atoms with van der Waals surface area (Å²) in [7, 11) is 0. The van der Waals surface area contributed by atoms with Gasteiger partial charge in [0, 0.05) is 12.1 Å². The van der Waals surface area contributed by atoms with Gasteiger partial charge in [-0.05, 0) is 45.7 Å². The molecule has 0 aliphatic carbocycles. The third-order valence-electron chi connectivity index (χ3n) is 3.75. The lowest BCUT2D eigenvalue weighted by Crippen LogP contribution is -2.47. The molecule has 0 radical (unpaired) electrons. The van der Waals surface area contributed by atoms with E-state index < -0.39 is 5.97 Å². The summed E-state index contributed by atoms with van der Waals surface area (Å²) in [5.41, 5.74) is 4.11. The summed E-state index contributed by atoms with van der Waals surface area (Å²) in [5.74, 6) is -0.223. The monoisotopic (exact) mass is 263 g/mol. The molecule has 0 bridgehead atoms. The zero-order valence-corrected chi connectivity index (χ0v) is 11.7. The van der Waals surface area contributed by atoms with Gasteiger partial charge in [-0.1, -0.05) is 6.42 Å². The Balaban J connectivity index is 2.14. The lowest BCUT2D eigenvalue weighted by Gasteiger charge is -2.39. The number of nitrogens with one attached hydrogen (secondary N) is 1. The predicted molar refractivity (Wildman–Crippen MR) is 74.2 cm³/mol. The number of hydrogen-bond acceptors (Lipinski definition) is 4. The van der Waals surface area contributed by atoms with E-state index in [9.17, 15) is 4.79 Å². The van der Waals surface area contributed by atoms with Crippen molar-refractivity contribution in [3.63, 3.8) is 0 Å². The summed E-state index contributed by atoms with van der Waals surface area (Å²) in [6.07, 6.45) is 3.60. The first kappa shape index (κ1) is 13.8. The van der Waals surface area contributed by atoms with Crippen LogP contribution < -0.4 is 5.43 Å². The van der Waals surface area contributed by atoms with Crippen LogP contribution in [0.15, 0.2) is 12.1 Å². The predicted octanol–water partition coefficient (Wildman–Crippen LogP) is 2.68. The van der Waals surface area contributed by atoms with Crippen LogP contribution in [0.3, 0.4) is 0 Å². The smallest absolute Gasteiger partial charge is 0.337 e. The Morgan fingerprint density at radius 1 is 1.37 bits per heavy atom. The average molecular weight is 263 g/mol. The third-order valence-corrected chi connectivity index (χ3v) is 3.75. The summed E-state index contributed by atoms with van der Waals surface area (Å²) in [6, 6.07) is 4.26. The number of anilines is 1. The summed E-state index contributed by atoms with van der Waals surface area (Å²) in [5, 5.41) is 11.2. The van der Waals surface area contributed by atoms with Gasteiger partial charge in [0.1, 0.15) is 5.82 Å². The molecule has 1 saturated heterocycles. The van der Waals surface area contributed by atoms with Crippen molar-refractivity contribution >= 4 is 11.8 Å². The molecule has 1 aliphatic heterocycles. The van der Waals surface area contributed by atoms with Crippen molar-refractivity contribution in [1.82, 2.24) is 9.99 Å². The van der Waals surface area contributed by atoms with E-state index in [0.29, 0.717) is 23.6 Å². The fourth-order valence-corrected chi connectivity index (χ4v) is 2.62. The largest absolute Gasteiger partial charge is 0.478 e. The Hall–Kier alpha value is -1.62. The molecule has 1 fully saturated rings. The van der Waals surface area contributed by atoms with E-state index in [4.69, 9.17) is 5.11 Å². The van der Waals surface area contributed by atoms with Crippen LogP contribution in [0.4, 0.5) is 5.82 Å². The number of carbonyl (C=O) groups is 1. The maximum Gasteiger partial charge on any atom is 0.337 e. The Bertz CT molecular complexity index is 466. The van der Waals surface area contributed by atoms with E-state index in [-0.39, 0.29) is 5.56 Å². The molecule has 2 N–H and O–H groups in total. The summed E-state index contributed by atoms with van der Waals surface area (Å²) < 4.78 is 0. The molecular weight excluding hydrogens is 242 g/mol. The highest BCUT2D eigenvalue weighted by Gasteiger charge is 2.25. The van der Waals surface area contributed by atoms with Crippen molar-refractivity contribution in [3.8, 4) is 0 Å². The molecule has 0 amide bonds. The average Bonchev–Trinajstić information content (AvgIpc) is 2.33. The van der Waals surface area contributed by atoms with Crippen molar-refractivity contribution in [2.45, 2.75) is 52.1 Å². The first-order valence-electron chi connectivity index (χ1n) is 6.75. The minimum Gasteiger partial charge on any atom is -0.478 e. The van der Waals surface area contributed by atoms with Crippen LogP contribution in [0.25, 0.3) is 0 Å². The Morgan fingerprint density at radius 3 is 2.53 bits per heavy atom. The number of pyridine rings is 1. The Kier molecular flexibility index (Phi) is 4.04. The SMILES string of the molecule is Cc1nc(NN2C(C)CCCC2C)ccc1C(=O)O. The topological polar surface area (TPSA) is 65.5 Å². The molecule has 1 aliphatic rings. The van der Waals surface area contributed by atoms with Crippen LogP contribution in [0.5, 0.6) is 0 Å². The van der Waals surface area contributed by atoms with E-state index in [2.05, 4.69) is 29.3 Å². The van der Waals surface area contributed by atoms with Crippen molar-refractivity contribution in [3.05, 3.63) is 23.4 Å². The highest BCUT2D eigenvalue weighted by atomic mass is 16.4. The number of hydrogen-bond donors (Lipinski definition) is 2. The number of nitrogens with zero attached hydrogens (tertiary/aromatic N) is 2. The molecule has 2 rings (SSSR count). The molecule has 2 unspecified atom stereocenters. The maximum atomic E-state index is 11.0. The van der Waals surface area contributed by atoms with Crippen LogP contribution in [0.1, 0.15) is 49.2 Å². The molecule has 1 aromatic heterocycles. The second kappa shape index (κ2) is 5.57. The molecule has 2 heterocycles. The molecule has 5 nitrogen and oxygen atoms in total. The molecule has 104 valence electrons. The standard InChI is InChI=1S/C14H21N3O2/c1-9-5-4-6-10(2)17(9)16-13-8-7-12(14(18)19)11(3)15-13/h7-10H,4-6H2,1-3H3,(H,15,16)(H,18,19). The first-order chi connectivity index (χ1) is 8.99. The highest BCUT2D eigenvalue weighted by molar-refractivity contribution is 5.88. The first-order valence-corrected chi connectivity index (χ1v) is 6.75.